The van der Waals surface area contributed by atoms with Crippen molar-refractivity contribution in [3.8, 4) is 0 Å². The van der Waals surface area contributed by atoms with Crippen LogP contribution in [0.2, 0.25) is 0 Å². The summed E-state index contributed by atoms with van der Waals surface area (Å²) in [6.07, 6.45) is 5.97. The van der Waals surface area contributed by atoms with Crippen LogP contribution in [0.4, 0.5) is 0 Å². The van der Waals surface area contributed by atoms with Crippen molar-refractivity contribution in [3.63, 3.8) is 0 Å². The van der Waals surface area contributed by atoms with Crippen LogP contribution in [-0.4, -0.2) is 16.2 Å². The van der Waals surface area contributed by atoms with E-state index in [4.69, 9.17) is 0 Å². The predicted octanol–water partition coefficient (Wildman–Crippen LogP) is 2.81. The molecule has 0 aliphatic carbocycles. The highest BCUT2D eigenvalue weighted by molar-refractivity contribution is 5.10. The molecule has 1 N–H and O–H groups in total. The van der Waals surface area contributed by atoms with Gasteiger partial charge in [0.25, 0.3) is 0 Å². The second-order valence-electron chi connectivity index (χ2n) is 5.31. The van der Waals surface area contributed by atoms with Gasteiger partial charge in [0, 0.05) is 12.4 Å². The van der Waals surface area contributed by atoms with E-state index in [1.807, 2.05) is 12.1 Å². The van der Waals surface area contributed by atoms with Crippen LogP contribution >= 0.6 is 0 Å². The number of rotatable bonds is 4. The summed E-state index contributed by atoms with van der Waals surface area (Å²) in [5, 5.41) is 9.85. The fraction of sp³-hybridized carbons (Fsp3) is 0.615. The summed E-state index contributed by atoms with van der Waals surface area (Å²) in [6.45, 7) is 6.60. The number of aliphatic hydroxyl groups is 1. The highest BCUT2D eigenvalue weighted by Crippen LogP contribution is 2.22. The molecule has 1 rings (SSSR count). The average Bonchev–Trinajstić information content (AvgIpc) is 2.15. The van der Waals surface area contributed by atoms with Gasteiger partial charge >= 0.3 is 0 Å². The van der Waals surface area contributed by atoms with Gasteiger partial charge in [-0.25, -0.2) is 0 Å². The zero-order chi connectivity index (χ0) is 11.3. The maximum Gasteiger partial charge on any atom is 0.0580 e. The lowest BCUT2D eigenvalue weighted by Crippen LogP contribution is -2.15. The first-order chi connectivity index (χ1) is 6.97. The lowest BCUT2D eigenvalue weighted by atomic mass is 9.88. The van der Waals surface area contributed by atoms with Crippen molar-refractivity contribution in [2.24, 2.45) is 5.41 Å². The molecule has 0 fully saturated rings. The van der Waals surface area contributed by atoms with E-state index in [-0.39, 0.29) is 6.10 Å². The van der Waals surface area contributed by atoms with Crippen molar-refractivity contribution in [3.05, 3.63) is 30.1 Å². The van der Waals surface area contributed by atoms with Crippen LogP contribution in [0, 0.1) is 5.41 Å². The summed E-state index contributed by atoms with van der Waals surface area (Å²) >= 11 is 0. The lowest BCUT2D eigenvalue weighted by Gasteiger charge is -2.20. The molecule has 1 unspecified atom stereocenters. The van der Waals surface area contributed by atoms with Gasteiger partial charge in [0.15, 0.2) is 0 Å². The maximum absolute atomic E-state index is 9.85. The normalized spacial score (nSPS) is 13.9. The zero-order valence-electron chi connectivity index (χ0n) is 9.90. The molecule has 2 nitrogen and oxygen atoms in total. The van der Waals surface area contributed by atoms with Gasteiger partial charge in [-0.3, -0.25) is 4.98 Å². The molecule has 2 heteroatoms. The Bertz CT molecular complexity index is 276. The van der Waals surface area contributed by atoms with Crippen LogP contribution < -0.4 is 0 Å². The molecule has 0 saturated carbocycles. The first kappa shape index (κ1) is 12.2. The van der Waals surface area contributed by atoms with Crippen LogP contribution in [0.3, 0.4) is 0 Å². The minimum Gasteiger partial charge on any atom is -0.393 e. The fourth-order valence-corrected chi connectivity index (χ4v) is 1.49. The number of hydrogen-bond donors (Lipinski definition) is 1. The van der Waals surface area contributed by atoms with Gasteiger partial charge in [0.1, 0.15) is 0 Å². The molecule has 1 heterocycles. The third-order valence-electron chi connectivity index (χ3n) is 2.45. The SMILES string of the molecule is CC(C)(C)CCC(O)Cc1ccncc1. The monoisotopic (exact) mass is 207 g/mol. The first-order valence-corrected chi connectivity index (χ1v) is 5.54. The van der Waals surface area contributed by atoms with E-state index in [1.165, 1.54) is 0 Å². The Kier molecular flexibility index (Phi) is 4.28. The van der Waals surface area contributed by atoms with E-state index < -0.39 is 0 Å². The molecule has 1 aromatic heterocycles. The number of nitrogens with zero attached hydrogens (tertiary/aromatic N) is 1. The summed E-state index contributed by atoms with van der Waals surface area (Å²) in [4.78, 5) is 3.96. The summed E-state index contributed by atoms with van der Waals surface area (Å²) in [5.41, 5.74) is 1.46. The molecule has 0 amide bonds. The van der Waals surface area contributed by atoms with Crippen LogP contribution in [0.15, 0.2) is 24.5 Å². The van der Waals surface area contributed by atoms with Gasteiger partial charge in [-0.05, 0) is 42.4 Å². The summed E-state index contributed by atoms with van der Waals surface area (Å²) in [6, 6.07) is 3.92. The van der Waals surface area contributed by atoms with Gasteiger partial charge < -0.3 is 5.11 Å². The second kappa shape index (κ2) is 5.26. The van der Waals surface area contributed by atoms with Gasteiger partial charge in [0.2, 0.25) is 0 Å². The fourth-order valence-electron chi connectivity index (χ4n) is 1.49. The minimum absolute atomic E-state index is 0.230. The number of aliphatic hydroxyl groups excluding tert-OH is 1. The van der Waals surface area contributed by atoms with Gasteiger partial charge in [-0.15, -0.1) is 0 Å². The van der Waals surface area contributed by atoms with Crippen molar-refractivity contribution < 1.29 is 5.11 Å². The van der Waals surface area contributed by atoms with E-state index >= 15 is 0 Å². The second-order valence-corrected chi connectivity index (χ2v) is 5.31. The number of pyridine rings is 1. The molecule has 1 aromatic rings. The highest BCUT2D eigenvalue weighted by atomic mass is 16.3. The zero-order valence-corrected chi connectivity index (χ0v) is 9.90. The summed E-state index contributed by atoms with van der Waals surface area (Å²) < 4.78 is 0. The molecular weight excluding hydrogens is 186 g/mol. The van der Waals surface area contributed by atoms with Crippen LogP contribution in [0.5, 0.6) is 0 Å². The van der Waals surface area contributed by atoms with Crippen molar-refractivity contribution in [1.29, 1.82) is 0 Å². The van der Waals surface area contributed by atoms with Gasteiger partial charge in [-0.1, -0.05) is 20.8 Å². The molecule has 0 aromatic carbocycles. The molecule has 15 heavy (non-hydrogen) atoms. The Morgan fingerprint density at radius 2 is 1.87 bits per heavy atom. The number of hydrogen-bond acceptors (Lipinski definition) is 2. The summed E-state index contributed by atoms with van der Waals surface area (Å²) in [7, 11) is 0. The Balaban J connectivity index is 2.34. The highest BCUT2D eigenvalue weighted by Gasteiger charge is 2.13. The quantitative estimate of drug-likeness (QED) is 0.823. The molecule has 0 spiro atoms. The molecule has 0 bridgehead atoms. The standard InChI is InChI=1S/C13H21NO/c1-13(2,3)7-4-12(15)10-11-5-8-14-9-6-11/h5-6,8-9,12,15H,4,7,10H2,1-3H3. The van der Waals surface area contributed by atoms with Crippen molar-refractivity contribution in [1.82, 2.24) is 4.98 Å². The van der Waals surface area contributed by atoms with Crippen LogP contribution in [-0.2, 0) is 6.42 Å². The van der Waals surface area contributed by atoms with Crippen molar-refractivity contribution in [2.75, 3.05) is 0 Å². The van der Waals surface area contributed by atoms with E-state index in [1.54, 1.807) is 12.4 Å². The van der Waals surface area contributed by atoms with E-state index in [0.29, 0.717) is 5.41 Å². The lowest BCUT2D eigenvalue weighted by molar-refractivity contribution is 0.146. The smallest absolute Gasteiger partial charge is 0.0580 e. The van der Waals surface area contributed by atoms with Gasteiger partial charge in [0.05, 0.1) is 6.10 Å². The first-order valence-electron chi connectivity index (χ1n) is 5.54. The van der Waals surface area contributed by atoms with E-state index in [0.717, 1.165) is 24.8 Å². The van der Waals surface area contributed by atoms with Crippen molar-refractivity contribution in [2.45, 2.75) is 46.1 Å². The predicted molar refractivity (Wildman–Crippen MR) is 62.6 cm³/mol. The topological polar surface area (TPSA) is 33.1 Å². The Hall–Kier alpha value is -0.890. The molecule has 1 atom stereocenters. The molecule has 0 aliphatic heterocycles. The number of aromatic nitrogens is 1. The van der Waals surface area contributed by atoms with E-state index in [2.05, 4.69) is 25.8 Å². The third-order valence-corrected chi connectivity index (χ3v) is 2.45. The molecular formula is C13H21NO. The molecule has 0 aliphatic rings. The van der Waals surface area contributed by atoms with Crippen molar-refractivity contribution >= 4 is 0 Å². The molecule has 0 saturated heterocycles. The Morgan fingerprint density at radius 1 is 1.27 bits per heavy atom. The average molecular weight is 207 g/mol. The van der Waals surface area contributed by atoms with Gasteiger partial charge in [-0.2, -0.15) is 0 Å². The summed E-state index contributed by atoms with van der Waals surface area (Å²) in [5.74, 6) is 0. The van der Waals surface area contributed by atoms with Crippen LogP contribution in [0.1, 0.15) is 39.2 Å². The Morgan fingerprint density at radius 3 is 2.40 bits per heavy atom. The molecule has 0 radical (unpaired) electrons. The minimum atomic E-state index is -0.230. The van der Waals surface area contributed by atoms with Crippen LogP contribution in [0.25, 0.3) is 0 Å². The van der Waals surface area contributed by atoms with E-state index in [9.17, 15) is 5.11 Å². The molecule has 84 valence electrons. The maximum atomic E-state index is 9.85. The third kappa shape index (κ3) is 5.53. The Labute approximate surface area is 92.4 Å². The largest absolute Gasteiger partial charge is 0.393 e.